The van der Waals surface area contributed by atoms with Crippen LogP contribution in [0.15, 0.2) is 12.1 Å². The van der Waals surface area contributed by atoms with Gasteiger partial charge in [-0.1, -0.05) is 0 Å². The van der Waals surface area contributed by atoms with Gasteiger partial charge in [-0.25, -0.2) is 4.79 Å². The zero-order valence-electron chi connectivity index (χ0n) is 8.65. The van der Waals surface area contributed by atoms with Gasteiger partial charge in [-0.3, -0.25) is 4.79 Å². The lowest BCUT2D eigenvalue weighted by Crippen LogP contribution is -1.98. The second-order valence-electron chi connectivity index (χ2n) is 2.90. The maximum Gasteiger partial charge on any atom is 0.330 e. The van der Waals surface area contributed by atoms with E-state index in [1.807, 2.05) is 6.92 Å². The quantitative estimate of drug-likeness (QED) is 0.448. The highest BCUT2D eigenvalue weighted by molar-refractivity contribution is 7.14. The highest BCUT2D eigenvalue weighted by atomic mass is 32.1. The van der Waals surface area contributed by atoms with Crippen LogP contribution in [0.5, 0.6) is 0 Å². The molecule has 0 amide bonds. The number of rotatable bonds is 4. The van der Waals surface area contributed by atoms with Gasteiger partial charge in [0.05, 0.1) is 11.5 Å². The Kier molecular flexibility index (Phi) is 4.24. The van der Waals surface area contributed by atoms with Crippen molar-refractivity contribution in [2.24, 2.45) is 0 Å². The lowest BCUT2D eigenvalue weighted by molar-refractivity contribution is -0.137. The van der Waals surface area contributed by atoms with Crippen LogP contribution < -0.4 is 0 Å². The summed E-state index contributed by atoms with van der Waals surface area (Å²) in [6.07, 6.45) is 3.85. The SMILES string of the molecule is CCOC(=O)C=Cc1sc(C=O)cc1C. The van der Waals surface area contributed by atoms with E-state index in [0.29, 0.717) is 11.5 Å². The number of carbonyl (C=O) groups is 2. The van der Waals surface area contributed by atoms with Crippen LogP contribution in [0, 0.1) is 6.92 Å². The fraction of sp³-hybridized carbons (Fsp3) is 0.273. The van der Waals surface area contributed by atoms with E-state index < -0.39 is 0 Å². The molecule has 0 unspecified atom stereocenters. The predicted octanol–water partition coefficient (Wildman–Crippen LogP) is 2.45. The molecule has 3 nitrogen and oxygen atoms in total. The number of ether oxygens (including phenoxy) is 1. The average molecular weight is 224 g/mol. The van der Waals surface area contributed by atoms with Gasteiger partial charge in [-0.15, -0.1) is 11.3 Å². The summed E-state index contributed by atoms with van der Waals surface area (Å²) in [5.74, 6) is -0.363. The van der Waals surface area contributed by atoms with Gasteiger partial charge in [-0.05, 0) is 31.6 Å². The van der Waals surface area contributed by atoms with Crippen molar-refractivity contribution < 1.29 is 14.3 Å². The van der Waals surface area contributed by atoms with Crippen LogP contribution in [0.4, 0.5) is 0 Å². The molecule has 80 valence electrons. The molecule has 0 bridgehead atoms. The van der Waals surface area contributed by atoms with Gasteiger partial charge in [0.2, 0.25) is 0 Å². The zero-order chi connectivity index (χ0) is 11.3. The first-order valence-corrected chi connectivity index (χ1v) is 5.39. The maximum atomic E-state index is 11.0. The van der Waals surface area contributed by atoms with E-state index in [4.69, 9.17) is 4.74 Å². The number of thiophene rings is 1. The Morgan fingerprint density at radius 3 is 2.87 bits per heavy atom. The molecule has 0 aliphatic rings. The topological polar surface area (TPSA) is 43.4 Å². The van der Waals surface area contributed by atoms with E-state index in [2.05, 4.69) is 0 Å². The van der Waals surface area contributed by atoms with E-state index in [1.54, 1.807) is 19.1 Å². The smallest absolute Gasteiger partial charge is 0.330 e. The summed E-state index contributed by atoms with van der Waals surface area (Å²) in [6.45, 7) is 4.02. The van der Waals surface area contributed by atoms with Crippen molar-refractivity contribution in [3.63, 3.8) is 0 Å². The molecule has 0 N–H and O–H groups in total. The van der Waals surface area contributed by atoms with Crippen LogP contribution in [-0.2, 0) is 9.53 Å². The summed E-state index contributed by atoms with van der Waals surface area (Å²) >= 11 is 1.36. The molecule has 0 saturated heterocycles. The fourth-order valence-electron chi connectivity index (χ4n) is 1.08. The van der Waals surface area contributed by atoms with Gasteiger partial charge in [0, 0.05) is 11.0 Å². The summed E-state index contributed by atoms with van der Waals surface area (Å²) in [4.78, 5) is 23.1. The summed E-state index contributed by atoms with van der Waals surface area (Å²) in [5, 5.41) is 0. The Morgan fingerprint density at radius 1 is 1.60 bits per heavy atom. The second-order valence-corrected chi connectivity index (χ2v) is 4.01. The first kappa shape index (κ1) is 11.7. The van der Waals surface area contributed by atoms with Gasteiger partial charge in [-0.2, -0.15) is 0 Å². The van der Waals surface area contributed by atoms with E-state index >= 15 is 0 Å². The molecular formula is C11H12O3S. The standard InChI is InChI=1S/C11H12O3S/c1-3-14-11(13)5-4-10-8(2)6-9(7-12)15-10/h4-7H,3H2,1-2H3. The van der Waals surface area contributed by atoms with Crippen LogP contribution >= 0.6 is 11.3 Å². The molecule has 0 atom stereocenters. The fourth-order valence-corrected chi connectivity index (χ4v) is 1.97. The number of aldehydes is 1. The third kappa shape index (κ3) is 3.32. The van der Waals surface area contributed by atoms with Crippen LogP contribution in [0.1, 0.15) is 27.0 Å². The first-order chi connectivity index (χ1) is 7.17. The van der Waals surface area contributed by atoms with Crippen LogP contribution in [0.3, 0.4) is 0 Å². The molecule has 0 spiro atoms. The van der Waals surface area contributed by atoms with Crippen LogP contribution in [0.2, 0.25) is 0 Å². The molecule has 0 aromatic carbocycles. The normalized spacial score (nSPS) is 10.5. The molecule has 15 heavy (non-hydrogen) atoms. The molecule has 1 aromatic heterocycles. The minimum Gasteiger partial charge on any atom is -0.463 e. The van der Waals surface area contributed by atoms with Crippen LogP contribution in [-0.4, -0.2) is 18.9 Å². The number of carbonyl (C=O) groups excluding carboxylic acids is 2. The van der Waals surface area contributed by atoms with E-state index in [1.165, 1.54) is 17.4 Å². The monoisotopic (exact) mass is 224 g/mol. The Labute approximate surface area is 92.4 Å². The molecule has 4 heteroatoms. The zero-order valence-corrected chi connectivity index (χ0v) is 9.47. The van der Waals surface area contributed by atoms with Crippen molar-refractivity contribution in [3.05, 3.63) is 27.5 Å². The molecule has 0 aliphatic heterocycles. The van der Waals surface area contributed by atoms with Gasteiger partial charge in [0.15, 0.2) is 6.29 Å². The summed E-state index contributed by atoms with van der Waals surface area (Å²) in [5.41, 5.74) is 0.989. The first-order valence-electron chi connectivity index (χ1n) is 4.57. The highest BCUT2D eigenvalue weighted by Crippen LogP contribution is 2.21. The molecule has 0 saturated carbocycles. The van der Waals surface area contributed by atoms with Crippen molar-refractivity contribution in [1.29, 1.82) is 0 Å². The van der Waals surface area contributed by atoms with Gasteiger partial charge < -0.3 is 4.74 Å². The predicted molar refractivity (Wildman–Crippen MR) is 60.1 cm³/mol. The lowest BCUT2D eigenvalue weighted by atomic mass is 10.2. The Balaban J connectivity index is 2.75. The van der Waals surface area contributed by atoms with Gasteiger partial charge in [0.1, 0.15) is 0 Å². The molecular weight excluding hydrogens is 212 g/mol. The average Bonchev–Trinajstić information content (AvgIpc) is 2.57. The van der Waals surface area contributed by atoms with E-state index in [9.17, 15) is 9.59 Å². The number of hydrogen-bond acceptors (Lipinski definition) is 4. The van der Waals surface area contributed by atoms with Crippen LogP contribution in [0.25, 0.3) is 6.08 Å². The number of esters is 1. The van der Waals surface area contributed by atoms with Gasteiger partial charge in [0.25, 0.3) is 0 Å². The third-order valence-electron chi connectivity index (χ3n) is 1.75. The minimum absolute atomic E-state index is 0.363. The van der Waals surface area contributed by atoms with E-state index in [-0.39, 0.29) is 5.97 Å². The molecule has 0 aliphatic carbocycles. The number of hydrogen-bond donors (Lipinski definition) is 0. The summed E-state index contributed by atoms with van der Waals surface area (Å²) in [7, 11) is 0. The summed E-state index contributed by atoms with van der Waals surface area (Å²) < 4.78 is 4.75. The van der Waals surface area contributed by atoms with Crippen molar-refractivity contribution in [2.75, 3.05) is 6.61 Å². The Hall–Kier alpha value is -1.42. The van der Waals surface area contributed by atoms with Gasteiger partial charge >= 0.3 is 5.97 Å². The summed E-state index contributed by atoms with van der Waals surface area (Å²) in [6, 6.07) is 1.79. The Morgan fingerprint density at radius 2 is 2.33 bits per heavy atom. The maximum absolute atomic E-state index is 11.0. The Bertz CT molecular complexity index is 391. The van der Waals surface area contributed by atoms with Crippen molar-refractivity contribution >= 4 is 29.7 Å². The third-order valence-corrected chi connectivity index (χ3v) is 2.88. The molecule has 1 aromatic rings. The minimum atomic E-state index is -0.363. The van der Waals surface area contributed by atoms with Crippen molar-refractivity contribution in [3.8, 4) is 0 Å². The molecule has 1 rings (SSSR count). The highest BCUT2D eigenvalue weighted by Gasteiger charge is 2.02. The lowest BCUT2D eigenvalue weighted by Gasteiger charge is -1.94. The largest absolute Gasteiger partial charge is 0.463 e. The number of aryl methyl sites for hydroxylation is 1. The van der Waals surface area contributed by atoms with Crippen molar-refractivity contribution in [2.45, 2.75) is 13.8 Å². The molecule has 0 fully saturated rings. The van der Waals surface area contributed by atoms with Crippen molar-refractivity contribution in [1.82, 2.24) is 0 Å². The van der Waals surface area contributed by atoms with E-state index in [0.717, 1.165) is 16.7 Å². The second kappa shape index (κ2) is 5.46. The molecule has 1 heterocycles. The molecule has 0 radical (unpaired) electrons.